The Hall–Kier alpha value is -0.670. The molecule has 0 unspecified atom stereocenters. The predicted octanol–water partition coefficient (Wildman–Crippen LogP) is 4.24. The monoisotopic (exact) mass is 293 g/mol. The number of hydrogen-bond donors (Lipinski definition) is 1. The van der Waals surface area contributed by atoms with E-state index in [1.807, 2.05) is 11.8 Å². The number of nitrogens with one attached hydrogen (secondary N) is 1. The third-order valence-corrected chi connectivity index (χ3v) is 5.38. The van der Waals surface area contributed by atoms with Crippen molar-refractivity contribution in [2.24, 2.45) is 0 Å². The fraction of sp³-hybridized carbons (Fsp3) is 0.647. The molecule has 1 aromatic carbocycles. The van der Waals surface area contributed by atoms with Gasteiger partial charge in [-0.15, -0.1) is 0 Å². The van der Waals surface area contributed by atoms with Crippen LogP contribution in [-0.4, -0.2) is 24.2 Å². The topological polar surface area (TPSA) is 21.3 Å². The van der Waals surface area contributed by atoms with Crippen LogP contribution in [0.15, 0.2) is 24.3 Å². The zero-order chi connectivity index (χ0) is 14.3. The van der Waals surface area contributed by atoms with Crippen molar-refractivity contribution < 1.29 is 4.74 Å². The Bertz CT molecular complexity index is 386. The zero-order valence-corrected chi connectivity index (χ0v) is 13.6. The summed E-state index contributed by atoms with van der Waals surface area (Å²) < 4.78 is 6.27. The van der Waals surface area contributed by atoms with Crippen molar-refractivity contribution in [1.82, 2.24) is 5.32 Å². The second kappa shape index (κ2) is 7.94. The van der Waals surface area contributed by atoms with Gasteiger partial charge in [-0.3, -0.25) is 0 Å². The molecule has 3 heteroatoms. The minimum absolute atomic E-state index is 0.544. The summed E-state index contributed by atoms with van der Waals surface area (Å²) in [5.41, 5.74) is 1.34. The maximum absolute atomic E-state index is 5.73. The Labute approximate surface area is 127 Å². The summed E-state index contributed by atoms with van der Waals surface area (Å²) in [6.07, 6.45) is 8.60. The van der Waals surface area contributed by atoms with Gasteiger partial charge in [0.25, 0.3) is 0 Å². The zero-order valence-electron chi connectivity index (χ0n) is 12.8. The molecule has 1 saturated carbocycles. The smallest absolute Gasteiger partial charge is 0.119 e. The lowest BCUT2D eigenvalue weighted by atomic mass is 10.2. The highest BCUT2D eigenvalue weighted by Crippen LogP contribution is 2.46. The average Bonchev–Trinajstić information content (AvgIpc) is 3.26. The Morgan fingerprint density at radius 1 is 1.20 bits per heavy atom. The van der Waals surface area contributed by atoms with E-state index in [9.17, 15) is 0 Å². The van der Waals surface area contributed by atoms with E-state index in [4.69, 9.17) is 4.74 Å². The molecule has 0 amide bonds. The maximum atomic E-state index is 5.73. The van der Waals surface area contributed by atoms with Gasteiger partial charge in [0.15, 0.2) is 0 Å². The first-order valence-corrected chi connectivity index (χ1v) is 8.98. The largest absolute Gasteiger partial charge is 0.494 e. The number of unbranched alkanes of at least 4 members (excludes halogenated alkanes) is 2. The summed E-state index contributed by atoms with van der Waals surface area (Å²) in [6.45, 7) is 5.13. The summed E-state index contributed by atoms with van der Waals surface area (Å²) in [6, 6.07) is 8.51. The molecule has 0 heterocycles. The van der Waals surface area contributed by atoms with Crippen LogP contribution in [0.4, 0.5) is 0 Å². The number of benzene rings is 1. The molecule has 0 radical (unpaired) electrons. The van der Waals surface area contributed by atoms with Gasteiger partial charge in [-0.1, -0.05) is 31.9 Å². The van der Waals surface area contributed by atoms with Crippen molar-refractivity contribution in [2.75, 3.05) is 19.4 Å². The first-order valence-electron chi connectivity index (χ1n) is 7.75. The van der Waals surface area contributed by atoms with Crippen LogP contribution in [0.3, 0.4) is 0 Å². The van der Waals surface area contributed by atoms with Gasteiger partial charge in [-0.2, -0.15) is 11.8 Å². The number of hydrogen-bond acceptors (Lipinski definition) is 3. The SMILES string of the molecule is CCCCCOc1ccc(CNCC2(SC)CC2)cc1. The number of thioether (sulfide) groups is 1. The highest BCUT2D eigenvalue weighted by molar-refractivity contribution is 8.00. The standard InChI is InChI=1S/C17H27NOS/c1-3-4-5-12-19-16-8-6-15(7-9-16)13-18-14-17(20-2)10-11-17/h6-9,18H,3-5,10-14H2,1-2H3. The fourth-order valence-electron chi connectivity index (χ4n) is 2.27. The van der Waals surface area contributed by atoms with Gasteiger partial charge in [-0.25, -0.2) is 0 Å². The van der Waals surface area contributed by atoms with E-state index in [1.165, 1.54) is 31.2 Å². The lowest BCUT2D eigenvalue weighted by molar-refractivity contribution is 0.306. The van der Waals surface area contributed by atoms with Crippen molar-refractivity contribution in [2.45, 2.75) is 50.3 Å². The average molecular weight is 293 g/mol. The van der Waals surface area contributed by atoms with E-state index in [2.05, 4.69) is 42.8 Å². The van der Waals surface area contributed by atoms with Gasteiger partial charge >= 0.3 is 0 Å². The van der Waals surface area contributed by atoms with E-state index >= 15 is 0 Å². The van der Waals surface area contributed by atoms with Gasteiger partial charge in [-0.05, 0) is 43.2 Å². The normalized spacial score (nSPS) is 16.1. The Morgan fingerprint density at radius 2 is 1.95 bits per heavy atom. The van der Waals surface area contributed by atoms with Crippen LogP contribution in [0.2, 0.25) is 0 Å². The highest BCUT2D eigenvalue weighted by Gasteiger charge is 2.41. The van der Waals surface area contributed by atoms with E-state index in [-0.39, 0.29) is 0 Å². The van der Waals surface area contributed by atoms with Crippen LogP contribution >= 0.6 is 11.8 Å². The number of rotatable bonds is 10. The summed E-state index contributed by atoms with van der Waals surface area (Å²) in [7, 11) is 0. The molecule has 1 fully saturated rings. The lowest BCUT2D eigenvalue weighted by Gasteiger charge is -2.13. The third kappa shape index (κ3) is 5.02. The van der Waals surface area contributed by atoms with Crippen LogP contribution in [0.25, 0.3) is 0 Å². The molecule has 0 aliphatic heterocycles. The van der Waals surface area contributed by atoms with Gasteiger partial charge in [0.1, 0.15) is 5.75 Å². The molecular weight excluding hydrogens is 266 g/mol. The van der Waals surface area contributed by atoms with Crippen LogP contribution in [0, 0.1) is 0 Å². The number of ether oxygens (including phenoxy) is 1. The summed E-state index contributed by atoms with van der Waals surface area (Å²) >= 11 is 2.01. The van der Waals surface area contributed by atoms with Gasteiger partial charge in [0, 0.05) is 17.8 Å². The van der Waals surface area contributed by atoms with Gasteiger partial charge in [0.05, 0.1) is 6.61 Å². The molecule has 1 N–H and O–H groups in total. The van der Waals surface area contributed by atoms with Crippen molar-refractivity contribution in [1.29, 1.82) is 0 Å². The van der Waals surface area contributed by atoms with E-state index in [0.29, 0.717) is 4.75 Å². The minimum atomic E-state index is 0.544. The van der Waals surface area contributed by atoms with E-state index in [1.54, 1.807) is 0 Å². The van der Waals surface area contributed by atoms with Crippen molar-refractivity contribution in [3.63, 3.8) is 0 Å². The molecule has 20 heavy (non-hydrogen) atoms. The molecule has 2 nitrogen and oxygen atoms in total. The molecule has 1 aliphatic rings. The highest BCUT2D eigenvalue weighted by atomic mass is 32.2. The molecule has 112 valence electrons. The summed E-state index contributed by atoms with van der Waals surface area (Å²) in [5.74, 6) is 0.993. The molecular formula is C17H27NOS. The van der Waals surface area contributed by atoms with E-state index in [0.717, 1.165) is 31.9 Å². The Kier molecular flexibility index (Phi) is 6.24. The van der Waals surface area contributed by atoms with E-state index < -0.39 is 0 Å². The van der Waals surface area contributed by atoms with Gasteiger partial charge < -0.3 is 10.1 Å². The molecule has 2 rings (SSSR count). The third-order valence-electron chi connectivity index (χ3n) is 3.96. The summed E-state index contributed by atoms with van der Waals surface area (Å²) in [5, 5.41) is 3.57. The van der Waals surface area contributed by atoms with Crippen LogP contribution in [0.5, 0.6) is 5.75 Å². The Balaban J connectivity index is 1.66. The molecule has 0 aromatic heterocycles. The molecule has 0 bridgehead atoms. The predicted molar refractivity (Wildman–Crippen MR) is 88.6 cm³/mol. The van der Waals surface area contributed by atoms with Crippen LogP contribution < -0.4 is 10.1 Å². The quantitative estimate of drug-likeness (QED) is 0.652. The first-order chi connectivity index (χ1) is 9.78. The van der Waals surface area contributed by atoms with Gasteiger partial charge in [0.2, 0.25) is 0 Å². The second-order valence-corrected chi connectivity index (χ2v) is 6.96. The van der Waals surface area contributed by atoms with Crippen molar-refractivity contribution in [3.8, 4) is 5.75 Å². The molecule has 0 spiro atoms. The molecule has 0 atom stereocenters. The lowest BCUT2D eigenvalue weighted by Crippen LogP contribution is -2.25. The van der Waals surface area contributed by atoms with Crippen molar-refractivity contribution in [3.05, 3.63) is 29.8 Å². The Morgan fingerprint density at radius 3 is 2.55 bits per heavy atom. The molecule has 1 aromatic rings. The molecule has 1 aliphatic carbocycles. The fourth-order valence-corrected chi connectivity index (χ4v) is 3.03. The second-order valence-electron chi connectivity index (χ2n) is 5.69. The van der Waals surface area contributed by atoms with Crippen molar-refractivity contribution >= 4 is 11.8 Å². The first kappa shape index (κ1) is 15.7. The summed E-state index contributed by atoms with van der Waals surface area (Å²) in [4.78, 5) is 0. The van der Waals surface area contributed by atoms with Crippen LogP contribution in [0.1, 0.15) is 44.6 Å². The minimum Gasteiger partial charge on any atom is -0.494 e. The maximum Gasteiger partial charge on any atom is 0.119 e. The van der Waals surface area contributed by atoms with Crippen LogP contribution in [-0.2, 0) is 6.54 Å². The molecule has 0 saturated heterocycles.